The Hall–Kier alpha value is -0.0800. The molecule has 0 aromatic heterocycles. The molecule has 5 atom stereocenters. The van der Waals surface area contributed by atoms with Crippen molar-refractivity contribution in [3.8, 4) is 0 Å². The molecule has 4 fully saturated rings. The Kier molecular flexibility index (Phi) is 2.80. The van der Waals surface area contributed by atoms with E-state index in [0.29, 0.717) is 11.5 Å². The summed E-state index contributed by atoms with van der Waals surface area (Å²) in [4.78, 5) is 2.88. The van der Waals surface area contributed by atoms with E-state index < -0.39 is 0 Å². The van der Waals surface area contributed by atoms with Gasteiger partial charge in [0.25, 0.3) is 0 Å². The molecule has 2 bridgehead atoms. The van der Waals surface area contributed by atoms with Crippen LogP contribution in [0.4, 0.5) is 0 Å². The van der Waals surface area contributed by atoms with E-state index in [1.54, 1.807) is 19.3 Å². The molecule has 3 aliphatic carbocycles. The van der Waals surface area contributed by atoms with Crippen molar-refractivity contribution in [2.75, 3.05) is 19.6 Å². The Bertz CT molecular complexity index is 343. The van der Waals surface area contributed by atoms with Crippen molar-refractivity contribution in [3.63, 3.8) is 0 Å². The highest BCUT2D eigenvalue weighted by atomic mass is 15.2. The van der Waals surface area contributed by atoms with Gasteiger partial charge in [-0.05, 0) is 67.9 Å². The number of hydrogen-bond acceptors (Lipinski definition) is 2. The summed E-state index contributed by atoms with van der Waals surface area (Å²) in [5, 5.41) is 3.80. The van der Waals surface area contributed by atoms with Gasteiger partial charge in [0.05, 0.1) is 0 Å². The molecule has 4 rings (SSSR count). The number of hydrogen-bond donors (Lipinski definition) is 1. The molecule has 1 saturated heterocycles. The van der Waals surface area contributed by atoms with E-state index in [-0.39, 0.29) is 0 Å². The molecular weight excluding hydrogens is 232 g/mol. The molecular formula is C17H30N2. The van der Waals surface area contributed by atoms with Crippen LogP contribution < -0.4 is 5.32 Å². The third-order valence-electron chi connectivity index (χ3n) is 6.59. The first-order chi connectivity index (χ1) is 9.05. The molecule has 0 radical (unpaired) electrons. The van der Waals surface area contributed by atoms with Crippen LogP contribution in [0.5, 0.6) is 0 Å². The Morgan fingerprint density at radius 2 is 1.74 bits per heavy atom. The molecule has 0 amide bonds. The van der Waals surface area contributed by atoms with Gasteiger partial charge < -0.3 is 5.32 Å². The standard InChI is InChI=1S/C17H30N2/c1-17(2,3)13-10-19(8-4-7-18-13)16-14-11-5-6-12(9-11)15(14)16/h11-16,18H,4-10H2,1-3H3. The monoisotopic (exact) mass is 262 g/mol. The van der Waals surface area contributed by atoms with E-state index in [9.17, 15) is 0 Å². The summed E-state index contributed by atoms with van der Waals surface area (Å²) in [6.07, 6.45) is 6.03. The molecule has 1 heterocycles. The molecule has 0 aromatic carbocycles. The van der Waals surface area contributed by atoms with E-state index in [1.807, 2.05) is 0 Å². The molecule has 0 spiro atoms. The third kappa shape index (κ3) is 1.98. The highest BCUT2D eigenvalue weighted by Crippen LogP contribution is 2.67. The molecule has 1 aliphatic heterocycles. The van der Waals surface area contributed by atoms with Crippen LogP contribution in [0.15, 0.2) is 0 Å². The first-order valence-electron chi connectivity index (χ1n) is 8.53. The minimum Gasteiger partial charge on any atom is -0.312 e. The molecule has 1 N–H and O–H groups in total. The lowest BCUT2D eigenvalue weighted by atomic mass is 9.86. The molecule has 3 saturated carbocycles. The normalized spacial score (nSPS) is 50.1. The van der Waals surface area contributed by atoms with Gasteiger partial charge in [0.15, 0.2) is 0 Å². The van der Waals surface area contributed by atoms with E-state index in [4.69, 9.17) is 0 Å². The summed E-state index contributed by atoms with van der Waals surface area (Å²) in [5.41, 5.74) is 0.394. The minimum absolute atomic E-state index is 0.394. The molecule has 0 aromatic rings. The van der Waals surface area contributed by atoms with Crippen molar-refractivity contribution in [1.29, 1.82) is 0 Å². The fraction of sp³-hybridized carbons (Fsp3) is 1.00. The fourth-order valence-electron chi connectivity index (χ4n) is 5.57. The second-order valence-corrected chi connectivity index (χ2v) is 8.70. The first-order valence-corrected chi connectivity index (χ1v) is 8.53. The summed E-state index contributed by atoms with van der Waals surface area (Å²) in [7, 11) is 0. The fourth-order valence-corrected chi connectivity index (χ4v) is 5.57. The van der Waals surface area contributed by atoms with Gasteiger partial charge in [0.1, 0.15) is 0 Å². The summed E-state index contributed by atoms with van der Waals surface area (Å²) < 4.78 is 0. The van der Waals surface area contributed by atoms with Crippen LogP contribution in [-0.4, -0.2) is 36.6 Å². The van der Waals surface area contributed by atoms with Crippen molar-refractivity contribution < 1.29 is 0 Å². The second-order valence-electron chi connectivity index (χ2n) is 8.70. The maximum atomic E-state index is 3.80. The summed E-state index contributed by atoms with van der Waals surface area (Å²) in [6, 6.07) is 1.66. The zero-order valence-corrected chi connectivity index (χ0v) is 12.9. The topological polar surface area (TPSA) is 15.3 Å². The Morgan fingerprint density at radius 3 is 2.37 bits per heavy atom. The van der Waals surface area contributed by atoms with Gasteiger partial charge in [-0.3, -0.25) is 4.90 Å². The molecule has 108 valence electrons. The van der Waals surface area contributed by atoms with Crippen molar-refractivity contribution in [2.45, 2.75) is 58.5 Å². The molecule has 2 heteroatoms. The SMILES string of the molecule is CC(C)(C)C1CN(C2C3C4CCC(C4)C32)CCCN1. The van der Waals surface area contributed by atoms with Gasteiger partial charge >= 0.3 is 0 Å². The van der Waals surface area contributed by atoms with Gasteiger partial charge in [-0.25, -0.2) is 0 Å². The van der Waals surface area contributed by atoms with Crippen LogP contribution >= 0.6 is 0 Å². The number of fused-ring (bicyclic) bond motifs is 5. The lowest BCUT2D eigenvalue weighted by molar-refractivity contribution is 0.170. The van der Waals surface area contributed by atoms with E-state index in [0.717, 1.165) is 29.7 Å². The van der Waals surface area contributed by atoms with E-state index >= 15 is 0 Å². The van der Waals surface area contributed by atoms with E-state index in [1.165, 1.54) is 26.1 Å². The summed E-state index contributed by atoms with van der Waals surface area (Å²) in [5.74, 6) is 4.45. The predicted octanol–water partition coefficient (Wildman–Crippen LogP) is 2.74. The molecule has 2 nitrogen and oxygen atoms in total. The van der Waals surface area contributed by atoms with E-state index in [2.05, 4.69) is 31.0 Å². The summed E-state index contributed by atoms with van der Waals surface area (Å²) in [6.45, 7) is 11.0. The number of nitrogens with zero attached hydrogens (tertiary/aromatic N) is 1. The maximum absolute atomic E-state index is 3.80. The average molecular weight is 262 g/mol. The highest BCUT2D eigenvalue weighted by Gasteiger charge is 2.66. The molecule has 4 aliphatic rings. The number of rotatable bonds is 1. The quantitative estimate of drug-likeness (QED) is 0.782. The predicted molar refractivity (Wildman–Crippen MR) is 79.0 cm³/mol. The van der Waals surface area contributed by atoms with Gasteiger partial charge in [-0.2, -0.15) is 0 Å². The van der Waals surface area contributed by atoms with Crippen LogP contribution in [0.25, 0.3) is 0 Å². The first kappa shape index (κ1) is 12.6. The average Bonchev–Trinajstić information content (AvgIpc) is 2.89. The molecule has 5 unspecified atom stereocenters. The van der Waals surface area contributed by atoms with Gasteiger partial charge in [-0.1, -0.05) is 20.8 Å². The molecule has 19 heavy (non-hydrogen) atoms. The maximum Gasteiger partial charge on any atom is 0.0243 e. The lowest BCUT2D eigenvalue weighted by Gasteiger charge is -2.34. The van der Waals surface area contributed by atoms with Crippen LogP contribution in [0.1, 0.15) is 46.5 Å². The van der Waals surface area contributed by atoms with Crippen LogP contribution in [0.3, 0.4) is 0 Å². The third-order valence-corrected chi connectivity index (χ3v) is 6.59. The zero-order chi connectivity index (χ0) is 13.2. The van der Waals surface area contributed by atoms with Crippen LogP contribution in [-0.2, 0) is 0 Å². The highest BCUT2D eigenvalue weighted by molar-refractivity contribution is 5.17. The Balaban J connectivity index is 1.47. The van der Waals surface area contributed by atoms with Crippen molar-refractivity contribution in [2.24, 2.45) is 29.1 Å². The zero-order valence-electron chi connectivity index (χ0n) is 12.9. The van der Waals surface area contributed by atoms with Gasteiger partial charge in [-0.15, -0.1) is 0 Å². The Morgan fingerprint density at radius 1 is 1.05 bits per heavy atom. The Labute approximate surface area is 118 Å². The van der Waals surface area contributed by atoms with Gasteiger partial charge in [0.2, 0.25) is 0 Å². The van der Waals surface area contributed by atoms with Gasteiger partial charge in [0, 0.05) is 18.6 Å². The summed E-state index contributed by atoms with van der Waals surface area (Å²) >= 11 is 0. The van der Waals surface area contributed by atoms with Crippen molar-refractivity contribution >= 4 is 0 Å². The van der Waals surface area contributed by atoms with Crippen LogP contribution in [0.2, 0.25) is 0 Å². The number of nitrogens with one attached hydrogen (secondary N) is 1. The second kappa shape index (κ2) is 4.21. The van der Waals surface area contributed by atoms with Crippen molar-refractivity contribution in [3.05, 3.63) is 0 Å². The smallest absolute Gasteiger partial charge is 0.0243 e. The van der Waals surface area contributed by atoms with Crippen LogP contribution in [0, 0.1) is 29.1 Å². The largest absolute Gasteiger partial charge is 0.312 e. The van der Waals surface area contributed by atoms with Crippen molar-refractivity contribution in [1.82, 2.24) is 10.2 Å². The minimum atomic E-state index is 0.394. The lowest BCUT2D eigenvalue weighted by Crippen LogP contribution is -2.47.